The molecule has 0 atom stereocenters. The summed E-state index contributed by atoms with van der Waals surface area (Å²) in [5.74, 6) is 0.653. The molecule has 0 amide bonds. The molecule has 1 N–H and O–H groups in total. The Morgan fingerprint density at radius 2 is 2.27 bits per heavy atom. The van der Waals surface area contributed by atoms with Crippen LogP contribution in [-0.2, 0) is 0 Å². The van der Waals surface area contributed by atoms with Gasteiger partial charge in [-0.15, -0.1) is 0 Å². The third-order valence-corrected chi connectivity index (χ3v) is 2.54. The van der Waals surface area contributed by atoms with Crippen molar-refractivity contribution in [3.63, 3.8) is 0 Å². The average Bonchev–Trinajstić information content (AvgIpc) is 2.64. The zero-order valence-corrected chi connectivity index (χ0v) is 9.61. The van der Waals surface area contributed by atoms with E-state index in [4.69, 9.17) is 4.74 Å². The highest BCUT2D eigenvalue weighted by atomic mass is 79.9. The van der Waals surface area contributed by atoms with Crippen molar-refractivity contribution < 1.29 is 4.74 Å². The minimum absolute atomic E-state index is 0.189. The largest absolute Gasteiger partial charge is 0.495 e. The molecule has 0 bridgehead atoms. The normalized spacial score (nSPS) is 10.3. The smallest absolute Gasteiger partial charge is 0.330 e. The van der Waals surface area contributed by atoms with Crippen molar-refractivity contribution in [1.29, 1.82) is 0 Å². The summed E-state index contributed by atoms with van der Waals surface area (Å²) in [6.07, 6.45) is 3.25. The van der Waals surface area contributed by atoms with E-state index < -0.39 is 0 Å². The van der Waals surface area contributed by atoms with Crippen molar-refractivity contribution in [2.24, 2.45) is 0 Å². The van der Waals surface area contributed by atoms with Crippen molar-refractivity contribution in [3.05, 3.63) is 45.5 Å². The molecule has 0 fully saturated rings. The topological polar surface area (TPSA) is 47.0 Å². The van der Waals surface area contributed by atoms with Gasteiger partial charge in [-0.2, -0.15) is 0 Å². The lowest BCUT2D eigenvalue weighted by atomic mass is 10.3. The van der Waals surface area contributed by atoms with Gasteiger partial charge in [-0.1, -0.05) is 15.9 Å². The molecule has 0 unspecified atom stereocenters. The van der Waals surface area contributed by atoms with Gasteiger partial charge >= 0.3 is 5.69 Å². The monoisotopic (exact) mass is 268 g/mol. The van der Waals surface area contributed by atoms with Gasteiger partial charge in [-0.05, 0) is 18.2 Å². The SMILES string of the molecule is COc1ccc(Br)cc1-n1cc[nH]c1=O. The minimum Gasteiger partial charge on any atom is -0.495 e. The van der Waals surface area contributed by atoms with Crippen LogP contribution < -0.4 is 10.4 Å². The summed E-state index contributed by atoms with van der Waals surface area (Å²) < 4.78 is 7.57. The summed E-state index contributed by atoms with van der Waals surface area (Å²) in [7, 11) is 1.57. The Bertz CT molecular complexity index is 530. The molecule has 0 aliphatic heterocycles. The Balaban J connectivity index is 2.66. The lowest BCUT2D eigenvalue weighted by Crippen LogP contribution is -2.14. The third-order valence-electron chi connectivity index (χ3n) is 2.05. The second-order valence-electron chi connectivity index (χ2n) is 2.95. The van der Waals surface area contributed by atoms with E-state index >= 15 is 0 Å². The molecule has 1 aromatic heterocycles. The van der Waals surface area contributed by atoms with Gasteiger partial charge in [0.05, 0.1) is 12.8 Å². The number of hydrogen-bond acceptors (Lipinski definition) is 2. The molecule has 4 nitrogen and oxygen atoms in total. The second-order valence-corrected chi connectivity index (χ2v) is 3.87. The van der Waals surface area contributed by atoms with E-state index in [1.807, 2.05) is 12.1 Å². The molecule has 0 spiro atoms. The van der Waals surface area contributed by atoms with E-state index in [9.17, 15) is 4.79 Å². The molecular weight excluding hydrogens is 260 g/mol. The Kier molecular flexibility index (Phi) is 2.64. The molecule has 15 heavy (non-hydrogen) atoms. The number of hydrogen-bond donors (Lipinski definition) is 1. The Morgan fingerprint density at radius 1 is 1.47 bits per heavy atom. The molecule has 1 heterocycles. The van der Waals surface area contributed by atoms with Gasteiger partial charge in [-0.25, -0.2) is 4.79 Å². The number of methoxy groups -OCH3 is 1. The maximum absolute atomic E-state index is 11.4. The van der Waals surface area contributed by atoms with Crippen LogP contribution in [0, 0.1) is 0 Å². The van der Waals surface area contributed by atoms with Crippen molar-refractivity contribution in [2.75, 3.05) is 7.11 Å². The zero-order chi connectivity index (χ0) is 10.8. The number of H-pyrrole nitrogens is 1. The second kappa shape index (κ2) is 3.94. The molecule has 78 valence electrons. The van der Waals surface area contributed by atoms with E-state index in [0.717, 1.165) is 4.47 Å². The first-order valence-corrected chi connectivity index (χ1v) is 5.11. The Morgan fingerprint density at radius 3 is 2.87 bits per heavy atom. The summed E-state index contributed by atoms with van der Waals surface area (Å²) in [5, 5.41) is 0. The molecule has 0 aliphatic rings. The lowest BCUT2D eigenvalue weighted by molar-refractivity contribution is 0.412. The van der Waals surface area contributed by atoms with Gasteiger partial charge in [0.1, 0.15) is 5.75 Å². The minimum atomic E-state index is -0.189. The molecule has 0 aliphatic carbocycles. The maximum atomic E-state index is 11.4. The van der Waals surface area contributed by atoms with Crippen LogP contribution in [0.2, 0.25) is 0 Å². The quantitative estimate of drug-likeness (QED) is 0.905. The van der Waals surface area contributed by atoms with Crippen LogP contribution in [0.5, 0.6) is 5.75 Å². The van der Waals surface area contributed by atoms with Crippen LogP contribution in [-0.4, -0.2) is 16.7 Å². The molecule has 2 rings (SSSR count). The van der Waals surface area contributed by atoms with Crippen LogP contribution in [0.25, 0.3) is 5.69 Å². The summed E-state index contributed by atoms with van der Waals surface area (Å²) in [6, 6.07) is 5.49. The number of nitrogens with zero attached hydrogens (tertiary/aromatic N) is 1. The average molecular weight is 269 g/mol. The number of benzene rings is 1. The lowest BCUT2D eigenvalue weighted by Gasteiger charge is -2.08. The molecule has 5 heteroatoms. The van der Waals surface area contributed by atoms with E-state index in [1.54, 1.807) is 25.6 Å². The summed E-state index contributed by atoms with van der Waals surface area (Å²) in [6.45, 7) is 0. The fraction of sp³-hybridized carbons (Fsp3) is 0.100. The predicted octanol–water partition coefficient (Wildman–Crippen LogP) is 1.94. The van der Waals surface area contributed by atoms with Gasteiger partial charge in [0.25, 0.3) is 0 Å². The molecule has 0 saturated carbocycles. The molecular formula is C10H9BrN2O2. The van der Waals surface area contributed by atoms with Crippen LogP contribution in [0.15, 0.2) is 39.9 Å². The number of aromatic nitrogens is 2. The number of halogens is 1. The van der Waals surface area contributed by atoms with Gasteiger partial charge in [-0.3, -0.25) is 4.57 Å². The number of imidazole rings is 1. The highest BCUT2D eigenvalue weighted by molar-refractivity contribution is 9.10. The van der Waals surface area contributed by atoms with Crippen molar-refractivity contribution in [1.82, 2.24) is 9.55 Å². The maximum Gasteiger partial charge on any atom is 0.330 e. The van der Waals surface area contributed by atoms with Gasteiger partial charge in [0, 0.05) is 16.9 Å². The van der Waals surface area contributed by atoms with E-state index in [0.29, 0.717) is 11.4 Å². The number of aromatic amines is 1. The number of rotatable bonds is 2. The molecule has 2 aromatic rings. The summed E-state index contributed by atoms with van der Waals surface area (Å²) in [5.41, 5.74) is 0.518. The van der Waals surface area contributed by atoms with Gasteiger partial charge in [0.2, 0.25) is 0 Å². The standard InChI is InChI=1S/C10H9BrN2O2/c1-15-9-3-2-7(11)6-8(9)13-5-4-12-10(13)14/h2-6H,1H3,(H,12,14). The van der Waals surface area contributed by atoms with Crippen molar-refractivity contribution >= 4 is 15.9 Å². The van der Waals surface area contributed by atoms with Gasteiger partial charge in [0.15, 0.2) is 0 Å². The number of ether oxygens (including phenoxy) is 1. The van der Waals surface area contributed by atoms with E-state index in [2.05, 4.69) is 20.9 Å². The van der Waals surface area contributed by atoms with Crippen LogP contribution in [0.4, 0.5) is 0 Å². The molecule has 1 aromatic carbocycles. The predicted molar refractivity (Wildman–Crippen MR) is 60.6 cm³/mol. The van der Waals surface area contributed by atoms with E-state index in [1.165, 1.54) is 4.57 Å². The summed E-state index contributed by atoms with van der Waals surface area (Å²) in [4.78, 5) is 14.0. The summed E-state index contributed by atoms with van der Waals surface area (Å²) >= 11 is 3.35. The van der Waals surface area contributed by atoms with Crippen molar-refractivity contribution in [3.8, 4) is 11.4 Å². The highest BCUT2D eigenvalue weighted by Crippen LogP contribution is 2.25. The molecule has 0 radical (unpaired) electrons. The van der Waals surface area contributed by atoms with Crippen LogP contribution >= 0.6 is 15.9 Å². The zero-order valence-electron chi connectivity index (χ0n) is 8.03. The first-order valence-electron chi connectivity index (χ1n) is 4.32. The van der Waals surface area contributed by atoms with Crippen molar-refractivity contribution in [2.45, 2.75) is 0 Å². The first-order chi connectivity index (χ1) is 7.22. The third kappa shape index (κ3) is 1.83. The van der Waals surface area contributed by atoms with Crippen LogP contribution in [0.1, 0.15) is 0 Å². The molecule has 0 saturated heterocycles. The fourth-order valence-electron chi connectivity index (χ4n) is 1.36. The van der Waals surface area contributed by atoms with Gasteiger partial charge < -0.3 is 9.72 Å². The first kappa shape index (κ1) is 10.0. The Hall–Kier alpha value is -1.49. The van der Waals surface area contributed by atoms with Crippen LogP contribution in [0.3, 0.4) is 0 Å². The fourth-order valence-corrected chi connectivity index (χ4v) is 1.71. The van der Waals surface area contributed by atoms with E-state index in [-0.39, 0.29) is 5.69 Å². The number of nitrogens with one attached hydrogen (secondary N) is 1. The Labute approximate surface area is 94.6 Å². The highest BCUT2D eigenvalue weighted by Gasteiger charge is 2.07.